The molecule has 0 fully saturated rings. The van der Waals surface area contributed by atoms with Gasteiger partial charge in [0.1, 0.15) is 4.21 Å². The maximum absolute atomic E-state index is 12.3. The van der Waals surface area contributed by atoms with Gasteiger partial charge in [-0.3, -0.25) is 0 Å². The molecule has 0 aromatic carbocycles. The molecule has 0 amide bonds. The Kier molecular flexibility index (Phi) is 5.50. The molecule has 0 unspecified atom stereocenters. The minimum atomic E-state index is -3.43. The average Bonchev–Trinajstić information content (AvgIpc) is 2.98. The number of rotatable bonds is 7. The van der Waals surface area contributed by atoms with Gasteiger partial charge in [0.2, 0.25) is 10.0 Å². The molecule has 5 nitrogen and oxygen atoms in total. The van der Waals surface area contributed by atoms with E-state index in [0.29, 0.717) is 23.7 Å². The van der Waals surface area contributed by atoms with E-state index in [0.717, 1.165) is 21.1 Å². The van der Waals surface area contributed by atoms with Gasteiger partial charge in [0.25, 0.3) is 0 Å². The summed E-state index contributed by atoms with van der Waals surface area (Å²) >= 11 is 2.89. The molecule has 0 aliphatic heterocycles. The number of thiazole rings is 1. The highest BCUT2D eigenvalue weighted by molar-refractivity contribution is 7.91. The van der Waals surface area contributed by atoms with Crippen LogP contribution in [0.4, 0.5) is 0 Å². The van der Waals surface area contributed by atoms with Crippen LogP contribution in [0.15, 0.2) is 15.7 Å². The van der Waals surface area contributed by atoms with Crippen molar-refractivity contribution in [2.75, 3.05) is 13.6 Å². The Balaban J connectivity index is 1.99. The fourth-order valence-corrected chi connectivity index (χ4v) is 5.19. The zero-order valence-corrected chi connectivity index (χ0v) is 14.7. The average molecular weight is 346 g/mol. The molecule has 0 aliphatic carbocycles. The second kappa shape index (κ2) is 6.97. The molecule has 116 valence electrons. The normalized spacial score (nSPS) is 12.0. The highest BCUT2D eigenvalue weighted by Crippen LogP contribution is 2.25. The van der Waals surface area contributed by atoms with Gasteiger partial charge < -0.3 is 5.32 Å². The van der Waals surface area contributed by atoms with Gasteiger partial charge in [-0.05, 0) is 32.5 Å². The van der Waals surface area contributed by atoms with Gasteiger partial charge in [0, 0.05) is 29.8 Å². The van der Waals surface area contributed by atoms with Crippen LogP contribution < -0.4 is 10.0 Å². The highest BCUT2D eigenvalue weighted by Gasteiger charge is 2.18. The van der Waals surface area contributed by atoms with Crippen LogP contribution in [0.2, 0.25) is 0 Å². The Morgan fingerprint density at radius 1 is 1.33 bits per heavy atom. The van der Waals surface area contributed by atoms with Crippen molar-refractivity contribution in [2.45, 2.75) is 31.0 Å². The monoisotopic (exact) mass is 345 g/mol. The van der Waals surface area contributed by atoms with Crippen molar-refractivity contribution in [1.29, 1.82) is 0 Å². The number of aryl methyl sites for hydroxylation is 2. The zero-order chi connectivity index (χ0) is 15.5. The van der Waals surface area contributed by atoms with E-state index in [1.54, 1.807) is 17.4 Å². The summed E-state index contributed by atoms with van der Waals surface area (Å²) in [4.78, 5) is 5.37. The number of nitrogens with one attached hydrogen (secondary N) is 2. The molecular weight excluding hydrogens is 326 g/mol. The van der Waals surface area contributed by atoms with E-state index in [4.69, 9.17) is 0 Å². The lowest BCUT2D eigenvalue weighted by atomic mass is 10.3. The number of hydrogen-bond donors (Lipinski definition) is 2. The SMILES string of the molecule is CNCc1sc(S(=O)(=O)NCCc2csc(C)n2)cc1C. The molecule has 21 heavy (non-hydrogen) atoms. The first-order valence-corrected chi connectivity index (χ1v) is 9.75. The predicted octanol–water partition coefficient (Wildman–Crippen LogP) is 2.06. The molecule has 0 saturated heterocycles. The Morgan fingerprint density at radius 2 is 2.10 bits per heavy atom. The van der Waals surface area contributed by atoms with Gasteiger partial charge in [-0.2, -0.15) is 0 Å². The summed E-state index contributed by atoms with van der Waals surface area (Å²) in [5.41, 5.74) is 1.93. The van der Waals surface area contributed by atoms with Crippen molar-refractivity contribution < 1.29 is 8.42 Å². The van der Waals surface area contributed by atoms with Crippen molar-refractivity contribution in [3.63, 3.8) is 0 Å². The minimum absolute atomic E-state index is 0.365. The summed E-state index contributed by atoms with van der Waals surface area (Å²) in [6.07, 6.45) is 0.608. The zero-order valence-electron chi connectivity index (χ0n) is 12.3. The lowest BCUT2D eigenvalue weighted by molar-refractivity contribution is 0.583. The summed E-state index contributed by atoms with van der Waals surface area (Å²) in [5, 5.41) is 6.01. The van der Waals surface area contributed by atoms with Gasteiger partial charge in [0.05, 0.1) is 10.7 Å². The van der Waals surface area contributed by atoms with Gasteiger partial charge in [-0.25, -0.2) is 18.1 Å². The smallest absolute Gasteiger partial charge is 0.250 e. The molecule has 2 aromatic rings. The first kappa shape index (κ1) is 16.6. The maximum Gasteiger partial charge on any atom is 0.250 e. The molecular formula is C13H19N3O2S3. The van der Waals surface area contributed by atoms with Gasteiger partial charge >= 0.3 is 0 Å². The van der Waals surface area contributed by atoms with Gasteiger partial charge in [-0.1, -0.05) is 0 Å². The van der Waals surface area contributed by atoms with E-state index in [1.807, 2.05) is 26.3 Å². The van der Waals surface area contributed by atoms with E-state index in [1.165, 1.54) is 11.3 Å². The van der Waals surface area contributed by atoms with E-state index >= 15 is 0 Å². The van der Waals surface area contributed by atoms with Crippen molar-refractivity contribution in [3.8, 4) is 0 Å². The largest absolute Gasteiger partial charge is 0.315 e. The van der Waals surface area contributed by atoms with Crippen molar-refractivity contribution in [2.24, 2.45) is 0 Å². The quantitative estimate of drug-likeness (QED) is 0.806. The van der Waals surface area contributed by atoms with Crippen LogP contribution in [0.25, 0.3) is 0 Å². The summed E-state index contributed by atoms with van der Waals surface area (Å²) < 4.78 is 27.5. The summed E-state index contributed by atoms with van der Waals surface area (Å²) in [5.74, 6) is 0. The van der Waals surface area contributed by atoms with Gasteiger partial charge in [-0.15, -0.1) is 22.7 Å². The fraction of sp³-hybridized carbons (Fsp3) is 0.462. The number of thiophene rings is 1. The Bertz CT molecular complexity index is 704. The number of sulfonamides is 1. The van der Waals surface area contributed by atoms with E-state index in [-0.39, 0.29) is 0 Å². The van der Waals surface area contributed by atoms with Crippen LogP contribution in [0.5, 0.6) is 0 Å². The molecule has 2 N–H and O–H groups in total. The Hall–Kier alpha value is -0.800. The fourth-order valence-electron chi connectivity index (χ4n) is 1.86. The third-order valence-electron chi connectivity index (χ3n) is 2.94. The minimum Gasteiger partial charge on any atom is -0.315 e. The van der Waals surface area contributed by atoms with Crippen LogP contribution >= 0.6 is 22.7 Å². The molecule has 0 spiro atoms. The molecule has 2 heterocycles. The van der Waals surface area contributed by atoms with Gasteiger partial charge in [0.15, 0.2) is 0 Å². The van der Waals surface area contributed by atoms with Crippen molar-refractivity contribution in [1.82, 2.24) is 15.0 Å². The topological polar surface area (TPSA) is 71.1 Å². The molecule has 0 atom stereocenters. The van der Waals surface area contributed by atoms with E-state index in [2.05, 4.69) is 15.0 Å². The van der Waals surface area contributed by atoms with Crippen molar-refractivity contribution in [3.05, 3.63) is 32.6 Å². The predicted molar refractivity (Wildman–Crippen MR) is 87.6 cm³/mol. The second-order valence-electron chi connectivity index (χ2n) is 4.71. The second-order valence-corrected chi connectivity index (χ2v) is 8.90. The summed E-state index contributed by atoms with van der Waals surface area (Å²) in [7, 11) is -1.58. The molecule has 2 aromatic heterocycles. The van der Waals surface area contributed by atoms with E-state index < -0.39 is 10.0 Å². The molecule has 8 heteroatoms. The van der Waals surface area contributed by atoms with Crippen LogP contribution in [0.1, 0.15) is 21.1 Å². The summed E-state index contributed by atoms with van der Waals surface area (Å²) in [6.45, 7) is 4.92. The third-order valence-corrected chi connectivity index (χ3v) is 6.93. The Morgan fingerprint density at radius 3 is 2.71 bits per heavy atom. The van der Waals surface area contributed by atoms with Crippen LogP contribution in [-0.2, 0) is 23.0 Å². The highest BCUT2D eigenvalue weighted by atomic mass is 32.2. The molecule has 2 rings (SSSR count). The number of aromatic nitrogens is 1. The first-order valence-electron chi connectivity index (χ1n) is 6.57. The van der Waals surface area contributed by atoms with Crippen LogP contribution in [-0.4, -0.2) is 27.0 Å². The van der Waals surface area contributed by atoms with Crippen LogP contribution in [0.3, 0.4) is 0 Å². The number of nitrogens with zero attached hydrogens (tertiary/aromatic N) is 1. The molecule has 0 radical (unpaired) electrons. The standard InChI is InChI=1S/C13H19N3O2S3/c1-9-6-13(20-12(9)7-14-3)21(17,18)15-5-4-11-8-19-10(2)16-11/h6,8,14-15H,4-5,7H2,1-3H3. The van der Waals surface area contributed by atoms with E-state index in [9.17, 15) is 8.42 Å². The number of hydrogen-bond acceptors (Lipinski definition) is 6. The van der Waals surface area contributed by atoms with Crippen molar-refractivity contribution >= 4 is 32.7 Å². The van der Waals surface area contributed by atoms with Crippen LogP contribution in [0, 0.1) is 13.8 Å². The maximum atomic E-state index is 12.3. The Labute approximate surface area is 133 Å². The summed E-state index contributed by atoms with van der Waals surface area (Å²) in [6, 6.07) is 1.73. The third kappa shape index (κ3) is 4.33. The molecule has 0 bridgehead atoms. The first-order chi connectivity index (χ1) is 9.92. The molecule has 0 aliphatic rings. The lowest BCUT2D eigenvalue weighted by Crippen LogP contribution is -2.25. The molecule has 0 saturated carbocycles. The lowest BCUT2D eigenvalue weighted by Gasteiger charge is -2.03.